The Morgan fingerprint density at radius 2 is 1.82 bits per heavy atom. The Morgan fingerprint density at radius 1 is 1.00 bits per heavy atom. The van der Waals surface area contributed by atoms with Gasteiger partial charge in [0, 0.05) is 55.5 Å². The number of aryl methyl sites for hydroxylation is 1. The molecule has 5 rings (SSSR count). The maximum Gasteiger partial charge on any atom is 0.229 e. The van der Waals surface area contributed by atoms with E-state index in [-0.39, 0.29) is 6.61 Å². The number of aliphatic hydroxyl groups is 1. The van der Waals surface area contributed by atoms with Crippen LogP contribution in [0.1, 0.15) is 16.7 Å². The second-order valence-corrected chi connectivity index (χ2v) is 9.29. The molecule has 8 nitrogen and oxygen atoms in total. The van der Waals surface area contributed by atoms with E-state index in [1.54, 1.807) is 6.20 Å². The van der Waals surface area contributed by atoms with Crippen molar-refractivity contribution in [3.63, 3.8) is 0 Å². The Morgan fingerprint density at radius 3 is 2.61 bits per heavy atom. The molecule has 0 spiro atoms. The van der Waals surface area contributed by atoms with Crippen molar-refractivity contribution in [2.75, 3.05) is 48.5 Å². The Hall–Kier alpha value is -4.14. The molecule has 3 aromatic carbocycles. The van der Waals surface area contributed by atoms with E-state index in [4.69, 9.17) is 14.5 Å². The summed E-state index contributed by atoms with van der Waals surface area (Å²) in [7, 11) is 1.96. The van der Waals surface area contributed by atoms with Crippen LogP contribution < -0.4 is 19.9 Å². The molecule has 1 aliphatic rings. The zero-order chi connectivity index (χ0) is 26.3. The first-order valence-electron chi connectivity index (χ1n) is 12.8. The number of morpholine rings is 1. The predicted octanol–water partition coefficient (Wildman–Crippen LogP) is 5.20. The Balaban J connectivity index is 1.40. The zero-order valence-corrected chi connectivity index (χ0v) is 21.8. The molecule has 196 valence electrons. The van der Waals surface area contributed by atoms with Gasteiger partial charge in [-0.1, -0.05) is 42.5 Å². The third kappa shape index (κ3) is 6.22. The highest BCUT2D eigenvalue weighted by molar-refractivity contribution is 5.68. The van der Waals surface area contributed by atoms with Gasteiger partial charge in [0.1, 0.15) is 18.2 Å². The lowest BCUT2D eigenvalue weighted by molar-refractivity contribution is 0.122. The summed E-state index contributed by atoms with van der Waals surface area (Å²) in [5, 5.41) is 13.0. The average molecular weight is 512 g/mol. The molecule has 1 fully saturated rings. The van der Waals surface area contributed by atoms with Gasteiger partial charge in [-0.2, -0.15) is 4.98 Å². The fourth-order valence-corrected chi connectivity index (χ4v) is 4.45. The summed E-state index contributed by atoms with van der Waals surface area (Å²) in [5.74, 6) is 1.99. The van der Waals surface area contributed by atoms with Gasteiger partial charge in [-0.3, -0.25) is 0 Å². The number of rotatable bonds is 9. The summed E-state index contributed by atoms with van der Waals surface area (Å²) in [6, 6.07) is 24.1. The molecule has 8 heteroatoms. The van der Waals surface area contributed by atoms with Crippen molar-refractivity contribution in [3.8, 4) is 5.75 Å². The number of hydrogen-bond donors (Lipinski definition) is 2. The molecular formula is C30H33N5O3. The topological polar surface area (TPSA) is 83.0 Å². The summed E-state index contributed by atoms with van der Waals surface area (Å²) in [6.45, 7) is 5.57. The lowest BCUT2D eigenvalue weighted by atomic mass is 10.1. The van der Waals surface area contributed by atoms with Crippen LogP contribution in [0, 0.1) is 6.92 Å². The van der Waals surface area contributed by atoms with Crippen LogP contribution in [0.4, 0.5) is 28.8 Å². The van der Waals surface area contributed by atoms with Crippen molar-refractivity contribution in [3.05, 3.63) is 95.7 Å². The highest BCUT2D eigenvalue weighted by Crippen LogP contribution is 2.31. The SMILES string of the molecule is Cc1ccc(CO)cc1N(C)c1ccnc(Nc2cc(OCc3ccccc3)cc(N3CCOCC3)c2)n1. The van der Waals surface area contributed by atoms with E-state index in [0.717, 1.165) is 58.4 Å². The molecular weight excluding hydrogens is 478 g/mol. The van der Waals surface area contributed by atoms with E-state index in [1.807, 2.05) is 67.4 Å². The fourth-order valence-electron chi connectivity index (χ4n) is 4.45. The smallest absolute Gasteiger partial charge is 0.229 e. The van der Waals surface area contributed by atoms with E-state index in [0.29, 0.717) is 25.8 Å². The number of aromatic nitrogens is 2. The minimum Gasteiger partial charge on any atom is -0.489 e. The van der Waals surface area contributed by atoms with Crippen LogP contribution >= 0.6 is 0 Å². The van der Waals surface area contributed by atoms with Gasteiger partial charge in [-0.15, -0.1) is 0 Å². The van der Waals surface area contributed by atoms with Crippen molar-refractivity contribution < 1.29 is 14.6 Å². The Bertz CT molecular complexity index is 1360. The minimum absolute atomic E-state index is 0.00808. The molecule has 1 aliphatic heterocycles. The summed E-state index contributed by atoms with van der Waals surface area (Å²) < 4.78 is 11.7. The van der Waals surface area contributed by atoms with Gasteiger partial charge in [-0.05, 0) is 41.8 Å². The van der Waals surface area contributed by atoms with Crippen LogP contribution in [0.3, 0.4) is 0 Å². The second kappa shape index (κ2) is 11.9. The highest BCUT2D eigenvalue weighted by Gasteiger charge is 2.15. The molecule has 0 unspecified atom stereocenters. The summed E-state index contributed by atoms with van der Waals surface area (Å²) >= 11 is 0. The van der Waals surface area contributed by atoms with Crippen LogP contribution in [-0.4, -0.2) is 48.4 Å². The van der Waals surface area contributed by atoms with Crippen LogP contribution in [0.25, 0.3) is 0 Å². The second-order valence-electron chi connectivity index (χ2n) is 9.29. The van der Waals surface area contributed by atoms with Crippen LogP contribution in [0.15, 0.2) is 79.0 Å². The van der Waals surface area contributed by atoms with Gasteiger partial charge in [0.25, 0.3) is 0 Å². The monoisotopic (exact) mass is 511 g/mol. The summed E-state index contributed by atoms with van der Waals surface area (Å²) in [4.78, 5) is 13.5. The number of nitrogens with one attached hydrogen (secondary N) is 1. The van der Waals surface area contributed by atoms with Crippen LogP contribution in [0.2, 0.25) is 0 Å². The molecule has 2 heterocycles. The fraction of sp³-hybridized carbons (Fsp3) is 0.267. The van der Waals surface area contributed by atoms with Crippen molar-refractivity contribution in [1.82, 2.24) is 9.97 Å². The molecule has 2 N–H and O–H groups in total. The predicted molar refractivity (Wildman–Crippen MR) is 151 cm³/mol. The van der Waals surface area contributed by atoms with Crippen molar-refractivity contribution in [1.29, 1.82) is 0 Å². The highest BCUT2D eigenvalue weighted by atomic mass is 16.5. The maximum atomic E-state index is 9.58. The Labute approximate surface area is 223 Å². The molecule has 0 saturated carbocycles. The number of hydrogen-bond acceptors (Lipinski definition) is 8. The van der Waals surface area contributed by atoms with Gasteiger partial charge in [-0.25, -0.2) is 4.98 Å². The van der Waals surface area contributed by atoms with E-state index in [2.05, 4.69) is 39.5 Å². The Kier molecular flexibility index (Phi) is 8.01. The zero-order valence-electron chi connectivity index (χ0n) is 21.8. The largest absolute Gasteiger partial charge is 0.489 e. The van der Waals surface area contributed by atoms with Crippen molar-refractivity contribution in [2.45, 2.75) is 20.1 Å². The number of ether oxygens (including phenoxy) is 2. The summed E-state index contributed by atoms with van der Waals surface area (Å²) in [5.41, 5.74) is 5.94. The third-order valence-corrected chi connectivity index (χ3v) is 6.57. The maximum absolute atomic E-state index is 9.58. The normalized spacial score (nSPS) is 13.3. The number of benzene rings is 3. The molecule has 0 bridgehead atoms. The van der Waals surface area contributed by atoms with Crippen molar-refractivity contribution >= 4 is 28.8 Å². The van der Waals surface area contributed by atoms with Gasteiger partial charge in [0.15, 0.2) is 0 Å². The van der Waals surface area contributed by atoms with Crippen LogP contribution in [-0.2, 0) is 18.0 Å². The van der Waals surface area contributed by atoms with Crippen molar-refractivity contribution in [2.24, 2.45) is 0 Å². The molecule has 38 heavy (non-hydrogen) atoms. The lowest BCUT2D eigenvalue weighted by Crippen LogP contribution is -2.36. The molecule has 1 saturated heterocycles. The standard InChI is InChI=1S/C30H33N5O3/c1-22-8-9-24(20-36)16-28(22)34(2)29-10-11-31-30(33-29)32-25-17-26(35-12-14-37-15-13-35)19-27(18-25)38-21-23-6-4-3-5-7-23/h3-11,16-19,36H,12-15,20-21H2,1-2H3,(H,31,32,33). The van der Waals surface area contributed by atoms with Crippen LogP contribution in [0.5, 0.6) is 5.75 Å². The molecule has 4 aromatic rings. The minimum atomic E-state index is -0.00808. The van der Waals surface area contributed by atoms with E-state index in [9.17, 15) is 5.11 Å². The van der Waals surface area contributed by atoms with Gasteiger partial charge >= 0.3 is 0 Å². The van der Waals surface area contributed by atoms with E-state index >= 15 is 0 Å². The van der Waals surface area contributed by atoms with E-state index < -0.39 is 0 Å². The summed E-state index contributed by atoms with van der Waals surface area (Å²) in [6.07, 6.45) is 1.74. The average Bonchev–Trinajstić information content (AvgIpc) is 2.97. The number of nitrogens with zero attached hydrogens (tertiary/aromatic N) is 4. The van der Waals surface area contributed by atoms with Gasteiger partial charge in [0.05, 0.1) is 19.8 Å². The third-order valence-electron chi connectivity index (χ3n) is 6.57. The molecule has 0 atom stereocenters. The molecule has 0 radical (unpaired) electrons. The molecule has 0 amide bonds. The number of aliphatic hydroxyl groups excluding tert-OH is 1. The van der Waals surface area contributed by atoms with Gasteiger partial charge < -0.3 is 29.7 Å². The van der Waals surface area contributed by atoms with Gasteiger partial charge in [0.2, 0.25) is 5.95 Å². The lowest BCUT2D eigenvalue weighted by Gasteiger charge is -2.29. The first kappa shape index (κ1) is 25.5. The molecule has 0 aliphatic carbocycles. The molecule has 1 aromatic heterocycles. The quantitative estimate of drug-likeness (QED) is 0.317. The number of anilines is 5. The first-order chi connectivity index (χ1) is 18.6. The van der Waals surface area contributed by atoms with E-state index in [1.165, 1.54) is 0 Å². The first-order valence-corrected chi connectivity index (χ1v) is 12.8.